The van der Waals surface area contributed by atoms with Gasteiger partial charge >= 0.3 is 0 Å². The Labute approximate surface area is 106 Å². The van der Waals surface area contributed by atoms with Crippen molar-refractivity contribution in [3.8, 4) is 0 Å². The second-order valence-corrected chi connectivity index (χ2v) is 5.24. The van der Waals surface area contributed by atoms with Crippen LogP contribution < -0.4 is 5.32 Å². The van der Waals surface area contributed by atoms with Crippen LogP contribution in [0.3, 0.4) is 0 Å². The second-order valence-electron chi connectivity index (χ2n) is 5.24. The molecule has 0 aromatic carbocycles. The van der Waals surface area contributed by atoms with Gasteiger partial charge in [-0.2, -0.15) is 0 Å². The summed E-state index contributed by atoms with van der Waals surface area (Å²) in [6.45, 7) is 9.38. The van der Waals surface area contributed by atoms with Gasteiger partial charge in [0.05, 0.1) is 0 Å². The van der Waals surface area contributed by atoms with E-state index in [4.69, 9.17) is 0 Å². The number of nitrogens with one attached hydrogen (secondary N) is 1. The third-order valence-electron chi connectivity index (χ3n) is 3.63. The lowest BCUT2D eigenvalue weighted by Gasteiger charge is -2.34. The summed E-state index contributed by atoms with van der Waals surface area (Å²) in [5, 5.41) is 3.55. The molecule has 1 fully saturated rings. The standard InChI is InChI=1S/C14H28N2O/c1-4-6-12(3)14(17)16-10-7-13(8-11-16)15-9-5-2/h12-13,15H,4-11H2,1-3H3. The lowest BCUT2D eigenvalue weighted by atomic mass is 10.0. The van der Waals surface area contributed by atoms with E-state index in [1.165, 1.54) is 6.42 Å². The molecule has 0 aromatic heterocycles. The van der Waals surface area contributed by atoms with Gasteiger partial charge in [-0.1, -0.05) is 27.2 Å². The minimum Gasteiger partial charge on any atom is -0.342 e. The molecule has 1 atom stereocenters. The Morgan fingerprint density at radius 3 is 2.47 bits per heavy atom. The van der Waals surface area contributed by atoms with Gasteiger partial charge in [0.25, 0.3) is 0 Å². The summed E-state index contributed by atoms with van der Waals surface area (Å²) in [5.74, 6) is 0.570. The van der Waals surface area contributed by atoms with Gasteiger partial charge in [0.2, 0.25) is 5.91 Å². The molecule has 1 unspecified atom stereocenters. The molecule has 3 nitrogen and oxygen atoms in total. The van der Waals surface area contributed by atoms with Crippen molar-refractivity contribution in [3.05, 3.63) is 0 Å². The van der Waals surface area contributed by atoms with Gasteiger partial charge in [-0.25, -0.2) is 0 Å². The number of carbonyl (C=O) groups excluding carboxylic acids is 1. The summed E-state index contributed by atoms with van der Waals surface area (Å²) in [6, 6.07) is 0.625. The van der Waals surface area contributed by atoms with E-state index < -0.39 is 0 Å². The van der Waals surface area contributed by atoms with Crippen LogP contribution in [0.2, 0.25) is 0 Å². The Balaban J connectivity index is 2.28. The first kappa shape index (κ1) is 14.5. The third kappa shape index (κ3) is 4.66. The summed E-state index contributed by atoms with van der Waals surface area (Å²) in [7, 11) is 0. The quantitative estimate of drug-likeness (QED) is 0.773. The Kier molecular flexibility index (Phi) is 6.56. The molecular formula is C14H28N2O. The lowest BCUT2D eigenvalue weighted by Crippen LogP contribution is -2.46. The minimum atomic E-state index is 0.208. The topological polar surface area (TPSA) is 32.3 Å². The first-order valence-electron chi connectivity index (χ1n) is 7.21. The molecule has 0 saturated carbocycles. The molecule has 0 radical (unpaired) electrons. The van der Waals surface area contributed by atoms with Crippen molar-refractivity contribution in [2.24, 2.45) is 5.92 Å². The van der Waals surface area contributed by atoms with Crippen molar-refractivity contribution in [1.82, 2.24) is 10.2 Å². The van der Waals surface area contributed by atoms with Gasteiger partial charge in [0.1, 0.15) is 0 Å². The monoisotopic (exact) mass is 240 g/mol. The van der Waals surface area contributed by atoms with Gasteiger partial charge in [0, 0.05) is 25.0 Å². The van der Waals surface area contributed by atoms with Crippen LogP contribution in [0.15, 0.2) is 0 Å². The predicted molar refractivity (Wildman–Crippen MR) is 72.0 cm³/mol. The third-order valence-corrected chi connectivity index (χ3v) is 3.63. The number of hydrogen-bond donors (Lipinski definition) is 1. The number of hydrogen-bond acceptors (Lipinski definition) is 2. The molecule has 0 aliphatic carbocycles. The molecule has 3 heteroatoms. The number of rotatable bonds is 6. The first-order valence-corrected chi connectivity index (χ1v) is 7.21. The Hall–Kier alpha value is -0.570. The fraction of sp³-hybridized carbons (Fsp3) is 0.929. The van der Waals surface area contributed by atoms with E-state index in [2.05, 4.69) is 31.0 Å². The van der Waals surface area contributed by atoms with Gasteiger partial charge in [0.15, 0.2) is 0 Å². The zero-order valence-corrected chi connectivity index (χ0v) is 11.7. The van der Waals surface area contributed by atoms with E-state index in [1.54, 1.807) is 0 Å². The SMILES string of the molecule is CCCNC1CCN(C(=O)C(C)CCC)CC1. The minimum absolute atomic E-state index is 0.208. The van der Waals surface area contributed by atoms with Crippen LogP contribution in [-0.2, 0) is 4.79 Å². The molecule has 17 heavy (non-hydrogen) atoms. The Bertz CT molecular complexity index is 222. The molecule has 1 amide bonds. The van der Waals surface area contributed by atoms with E-state index in [-0.39, 0.29) is 5.92 Å². The van der Waals surface area contributed by atoms with Gasteiger partial charge < -0.3 is 10.2 Å². The lowest BCUT2D eigenvalue weighted by molar-refractivity contribution is -0.136. The molecule has 1 aliphatic heterocycles. The first-order chi connectivity index (χ1) is 8.19. The highest BCUT2D eigenvalue weighted by molar-refractivity contribution is 5.78. The zero-order valence-electron chi connectivity index (χ0n) is 11.7. The smallest absolute Gasteiger partial charge is 0.225 e. The molecular weight excluding hydrogens is 212 g/mol. The fourth-order valence-corrected chi connectivity index (χ4v) is 2.52. The van der Waals surface area contributed by atoms with E-state index in [0.717, 1.165) is 45.3 Å². The number of piperidine rings is 1. The second kappa shape index (κ2) is 7.70. The van der Waals surface area contributed by atoms with Crippen molar-refractivity contribution in [2.75, 3.05) is 19.6 Å². The number of carbonyl (C=O) groups is 1. The van der Waals surface area contributed by atoms with Gasteiger partial charge in [-0.05, 0) is 32.2 Å². The van der Waals surface area contributed by atoms with Crippen molar-refractivity contribution in [1.29, 1.82) is 0 Å². The maximum absolute atomic E-state index is 12.1. The molecule has 0 spiro atoms. The van der Waals surface area contributed by atoms with Crippen LogP contribution in [0, 0.1) is 5.92 Å². The summed E-state index contributed by atoms with van der Waals surface area (Å²) in [4.78, 5) is 14.2. The molecule has 100 valence electrons. The molecule has 0 bridgehead atoms. The molecule has 1 saturated heterocycles. The van der Waals surface area contributed by atoms with Crippen LogP contribution in [0.5, 0.6) is 0 Å². The van der Waals surface area contributed by atoms with E-state index in [0.29, 0.717) is 11.9 Å². The predicted octanol–water partition coefficient (Wildman–Crippen LogP) is 2.41. The molecule has 0 aromatic rings. The molecule has 1 aliphatic rings. The van der Waals surface area contributed by atoms with Crippen molar-refractivity contribution >= 4 is 5.91 Å². The highest BCUT2D eigenvalue weighted by Gasteiger charge is 2.24. The fourth-order valence-electron chi connectivity index (χ4n) is 2.52. The number of likely N-dealkylation sites (tertiary alicyclic amines) is 1. The van der Waals surface area contributed by atoms with Crippen LogP contribution in [0.1, 0.15) is 52.9 Å². The van der Waals surface area contributed by atoms with Crippen LogP contribution in [-0.4, -0.2) is 36.5 Å². The van der Waals surface area contributed by atoms with Gasteiger partial charge in [-0.15, -0.1) is 0 Å². The zero-order chi connectivity index (χ0) is 12.7. The van der Waals surface area contributed by atoms with E-state index in [9.17, 15) is 4.79 Å². The van der Waals surface area contributed by atoms with Crippen LogP contribution >= 0.6 is 0 Å². The highest BCUT2D eigenvalue weighted by Crippen LogP contribution is 2.15. The number of nitrogens with zero attached hydrogens (tertiary/aromatic N) is 1. The van der Waals surface area contributed by atoms with Crippen LogP contribution in [0.25, 0.3) is 0 Å². The maximum Gasteiger partial charge on any atom is 0.225 e. The average molecular weight is 240 g/mol. The van der Waals surface area contributed by atoms with Gasteiger partial charge in [-0.3, -0.25) is 4.79 Å². The summed E-state index contributed by atoms with van der Waals surface area (Å²) >= 11 is 0. The normalized spacial score (nSPS) is 19.4. The molecule has 1 rings (SSSR count). The van der Waals surface area contributed by atoms with Crippen molar-refractivity contribution < 1.29 is 4.79 Å². The maximum atomic E-state index is 12.1. The number of amides is 1. The highest BCUT2D eigenvalue weighted by atomic mass is 16.2. The van der Waals surface area contributed by atoms with Crippen molar-refractivity contribution in [2.45, 2.75) is 58.9 Å². The average Bonchev–Trinajstić information content (AvgIpc) is 2.36. The summed E-state index contributed by atoms with van der Waals surface area (Å²) in [5.41, 5.74) is 0. The molecule has 1 heterocycles. The largest absolute Gasteiger partial charge is 0.342 e. The van der Waals surface area contributed by atoms with E-state index >= 15 is 0 Å². The van der Waals surface area contributed by atoms with Crippen LogP contribution in [0.4, 0.5) is 0 Å². The summed E-state index contributed by atoms with van der Waals surface area (Å²) < 4.78 is 0. The Morgan fingerprint density at radius 2 is 1.94 bits per heavy atom. The van der Waals surface area contributed by atoms with Crippen molar-refractivity contribution in [3.63, 3.8) is 0 Å². The summed E-state index contributed by atoms with van der Waals surface area (Å²) in [6.07, 6.45) is 5.54. The van der Waals surface area contributed by atoms with E-state index in [1.807, 2.05) is 0 Å². The molecule has 1 N–H and O–H groups in total. The Morgan fingerprint density at radius 1 is 1.29 bits per heavy atom.